The van der Waals surface area contributed by atoms with Gasteiger partial charge in [-0.3, -0.25) is 19.4 Å². The van der Waals surface area contributed by atoms with Crippen LogP contribution in [0.25, 0.3) is 0 Å². The molecule has 0 radical (unpaired) electrons. The molecule has 0 aliphatic carbocycles. The van der Waals surface area contributed by atoms with Gasteiger partial charge in [0.15, 0.2) is 5.96 Å². The molecule has 0 saturated heterocycles. The van der Waals surface area contributed by atoms with Crippen molar-refractivity contribution in [3.8, 4) is 0 Å². The number of carbonyl (C=O) groups excluding carboxylic acids is 3. The van der Waals surface area contributed by atoms with Gasteiger partial charge in [-0.15, -0.1) is 0 Å². The van der Waals surface area contributed by atoms with E-state index in [0.29, 0.717) is 0 Å². The van der Waals surface area contributed by atoms with Crippen molar-refractivity contribution in [2.24, 2.45) is 28.1 Å². The molecule has 172 valence electrons. The lowest BCUT2D eigenvalue weighted by atomic mass is 10.1. The Morgan fingerprint density at radius 1 is 1.03 bits per heavy atom. The monoisotopic (exact) mass is 431 g/mol. The maximum absolute atomic E-state index is 12.4. The Morgan fingerprint density at radius 3 is 2.10 bits per heavy atom. The molecule has 0 aromatic carbocycles. The Kier molecular flexibility index (Phi) is 12.0. The minimum atomic E-state index is -1.42. The first-order valence-corrected chi connectivity index (χ1v) is 9.46. The van der Waals surface area contributed by atoms with Crippen LogP contribution in [0, 0.1) is 5.92 Å². The average Bonchev–Trinajstić information content (AvgIpc) is 2.64. The van der Waals surface area contributed by atoms with Crippen molar-refractivity contribution in [2.45, 2.75) is 57.8 Å². The number of carbonyl (C=O) groups is 4. The van der Waals surface area contributed by atoms with Crippen LogP contribution >= 0.6 is 0 Å². The van der Waals surface area contributed by atoms with Gasteiger partial charge in [0, 0.05) is 6.54 Å². The van der Waals surface area contributed by atoms with Crippen LogP contribution in [0.2, 0.25) is 0 Å². The number of nitrogens with one attached hydrogen (secondary N) is 3. The van der Waals surface area contributed by atoms with Crippen LogP contribution in [0.5, 0.6) is 0 Å². The molecule has 13 nitrogen and oxygen atoms in total. The lowest BCUT2D eigenvalue weighted by Crippen LogP contribution is -2.57. The summed E-state index contributed by atoms with van der Waals surface area (Å²) in [5.41, 5.74) is 16.0. The maximum atomic E-state index is 12.4. The summed E-state index contributed by atoms with van der Waals surface area (Å²) in [4.78, 5) is 51.3. The van der Waals surface area contributed by atoms with Crippen LogP contribution < -0.4 is 33.2 Å². The zero-order chi connectivity index (χ0) is 23.4. The molecular formula is C17H33N7O6. The summed E-state index contributed by atoms with van der Waals surface area (Å²) in [6.45, 7) is 4.46. The lowest BCUT2D eigenvalue weighted by Gasteiger charge is -2.23. The minimum Gasteiger partial charge on any atom is -0.480 e. The SMILES string of the molecule is CC(C)C(N)C(=O)NCC(=O)NC(C(=O)NC(CCCN=C(N)N)C(=O)O)C(C)O. The Morgan fingerprint density at radius 2 is 1.63 bits per heavy atom. The molecule has 0 bridgehead atoms. The van der Waals surface area contributed by atoms with E-state index in [1.807, 2.05) is 0 Å². The lowest BCUT2D eigenvalue weighted by molar-refractivity contribution is -0.143. The number of aliphatic hydroxyl groups excluding tert-OH is 1. The van der Waals surface area contributed by atoms with Crippen molar-refractivity contribution in [3.05, 3.63) is 0 Å². The van der Waals surface area contributed by atoms with Gasteiger partial charge in [-0.1, -0.05) is 13.8 Å². The number of hydrogen-bond donors (Lipinski definition) is 8. The molecule has 0 heterocycles. The molecule has 0 aromatic heterocycles. The number of rotatable bonds is 13. The molecular weight excluding hydrogens is 398 g/mol. The zero-order valence-electron chi connectivity index (χ0n) is 17.4. The fourth-order valence-corrected chi connectivity index (χ4v) is 2.24. The summed E-state index contributed by atoms with van der Waals surface area (Å²) >= 11 is 0. The Labute approximate surface area is 174 Å². The van der Waals surface area contributed by atoms with Gasteiger partial charge in [0.05, 0.1) is 18.7 Å². The number of carboxylic acid groups (broad SMARTS) is 1. The number of nitrogens with zero attached hydrogens (tertiary/aromatic N) is 1. The number of guanidine groups is 1. The van der Waals surface area contributed by atoms with Gasteiger partial charge in [-0.2, -0.15) is 0 Å². The number of hydrogen-bond acceptors (Lipinski definition) is 7. The second-order valence-corrected chi connectivity index (χ2v) is 7.12. The molecule has 0 fully saturated rings. The third kappa shape index (κ3) is 10.6. The molecule has 0 aliphatic rings. The van der Waals surface area contributed by atoms with Gasteiger partial charge in [0.1, 0.15) is 12.1 Å². The van der Waals surface area contributed by atoms with Crippen LogP contribution in [0.4, 0.5) is 0 Å². The summed E-state index contributed by atoms with van der Waals surface area (Å²) in [5, 5.41) is 25.9. The topological polar surface area (TPSA) is 235 Å². The van der Waals surface area contributed by atoms with Crippen molar-refractivity contribution >= 4 is 29.7 Å². The van der Waals surface area contributed by atoms with Crippen molar-refractivity contribution in [1.82, 2.24) is 16.0 Å². The number of carboxylic acids is 1. The summed E-state index contributed by atoms with van der Waals surface area (Å²) in [6, 6.07) is -3.50. The highest BCUT2D eigenvalue weighted by Crippen LogP contribution is 2.02. The molecule has 30 heavy (non-hydrogen) atoms. The second-order valence-electron chi connectivity index (χ2n) is 7.12. The number of aliphatic carboxylic acids is 1. The van der Waals surface area contributed by atoms with E-state index in [0.717, 1.165) is 0 Å². The molecule has 0 aliphatic heterocycles. The smallest absolute Gasteiger partial charge is 0.326 e. The van der Waals surface area contributed by atoms with Crippen molar-refractivity contribution in [1.29, 1.82) is 0 Å². The fraction of sp³-hybridized carbons (Fsp3) is 0.706. The summed E-state index contributed by atoms with van der Waals surface area (Å²) < 4.78 is 0. The largest absolute Gasteiger partial charge is 0.480 e. The van der Waals surface area contributed by atoms with Gasteiger partial charge in [0.25, 0.3) is 0 Å². The maximum Gasteiger partial charge on any atom is 0.326 e. The number of aliphatic hydroxyl groups is 1. The molecule has 0 saturated carbocycles. The van der Waals surface area contributed by atoms with Gasteiger partial charge in [0.2, 0.25) is 17.7 Å². The summed E-state index contributed by atoms with van der Waals surface area (Å²) in [5.74, 6) is -3.74. The third-order valence-corrected chi connectivity index (χ3v) is 4.09. The quantitative estimate of drug-likeness (QED) is 0.0821. The third-order valence-electron chi connectivity index (χ3n) is 4.09. The van der Waals surface area contributed by atoms with Gasteiger partial charge >= 0.3 is 5.97 Å². The summed E-state index contributed by atoms with van der Waals surface area (Å²) in [6.07, 6.45) is -1.01. The first-order valence-electron chi connectivity index (χ1n) is 9.46. The van der Waals surface area contributed by atoms with E-state index in [1.165, 1.54) is 6.92 Å². The number of nitrogens with two attached hydrogens (primary N) is 3. The highest BCUT2D eigenvalue weighted by molar-refractivity contribution is 5.92. The van der Waals surface area contributed by atoms with Crippen LogP contribution in [-0.2, 0) is 19.2 Å². The number of amides is 3. The van der Waals surface area contributed by atoms with Crippen LogP contribution in [0.3, 0.4) is 0 Å². The van der Waals surface area contributed by atoms with Crippen molar-refractivity contribution < 1.29 is 29.4 Å². The highest BCUT2D eigenvalue weighted by atomic mass is 16.4. The fourth-order valence-electron chi connectivity index (χ4n) is 2.24. The van der Waals surface area contributed by atoms with E-state index in [4.69, 9.17) is 17.2 Å². The van der Waals surface area contributed by atoms with Gasteiger partial charge < -0.3 is 43.4 Å². The van der Waals surface area contributed by atoms with E-state index in [-0.39, 0.29) is 31.3 Å². The Balaban J connectivity index is 4.83. The highest BCUT2D eigenvalue weighted by Gasteiger charge is 2.29. The normalized spacial score (nSPS) is 14.7. The molecule has 0 aromatic rings. The molecule has 4 atom stereocenters. The zero-order valence-corrected chi connectivity index (χ0v) is 17.4. The molecule has 4 unspecified atom stereocenters. The van der Waals surface area contributed by atoms with E-state index < -0.39 is 54.5 Å². The number of aliphatic imine (C=N–C) groups is 1. The van der Waals surface area contributed by atoms with E-state index in [2.05, 4.69) is 20.9 Å². The predicted octanol–water partition coefficient (Wildman–Crippen LogP) is -3.43. The molecule has 3 amide bonds. The minimum absolute atomic E-state index is 0.0292. The first kappa shape index (κ1) is 27.1. The van der Waals surface area contributed by atoms with Crippen molar-refractivity contribution in [2.75, 3.05) is 13.1 Å². The van der Waals surface area contributed by atoms with E-state index in [9.17, 15) is 29.4 Å². The van der Waals surface area contributed by atoms with Crippen LogP contribution in [0.1, 0.15) is 33.6 Å². The molecule has 13 heteroatoms. The molecule has 0 rings (SSSR count). The van der Waals surface area contributed by atoms with Gasteiger partial charge in [-0.25, -0.2) is 4.79 Å². The average molecular weight is 431 g/mol. The van der Waals surface area contributed by atoms with Crippen LogP contribution in [0.15, 0.2) is 4.99 Å². The Hall–Kier alpha value is -2.93. The first-order chi connectivity index (χ1) is 13.9. The van der Waals surface area contributed by atoms with Crippen LogP contribution in [-0.4, -0.2) is 77.2 Å². The van der Waals surface area contributed by atoms with E-state index >= 15 is 0 Å². The Bertz CT molecular complexity index is 634. The van der Waals surface area contributed by atoms with Crippen molar-refractivity contribution in [3.63, 3.8) is 0 Å². The predicted molar refractivity (Wildman–Crippen MR) is 109 cm³/mol. The second kappa shape index (κ2) is 13.3. The van der Waals surface area contributed by atoms with Gasteiger partial charge in [-0.05, 0) is 25.7 Å². The standard InChI is InChI=1S/C17H33N7O6/c1-8(2)12(18)14(27)22-7-11(26)24-13(9(3)25)15(28)23-10(16(29)30)5-4-6-21-17(19)20/h8-10,12-13,25H,4-7,18H2,1-3H3,(H,22,27)(H,23,28)(H,24,26)(H,29,30)(H4,19,20,21). The molecule has 11 N–H and O–H groups in total. The molecule has 0 spiro atoms. The van der Waals surface area contributed by atoms with E-state index in [1.54, 1.807) is 13.8 Å². The summed E-state index contributed by atoms with van der Waals surface area (Å²) in [7, 11) is 0.